The number of carbonyl (C=O) groups excluding carboxylic acids is 2. The Morgan fingerprint density at radius 2 is 1.86 bits per heavy atom. The van der Waals surface area contributed by atoms with Crippen LogP contribution >= 0.6 is 0 Å². The quantitative estimate of drug-likeness (QED) is 0.904. The largest absolute Gasteiger partial charge is 0.338 e. The van der Waals surface area contributed by atoms with E-state index < -0.39 is 22.0 Å². The number of urea groups is 1. The predicted octanol–water partition coefficient (Wildman–Crippen LogP) is 2.12. The Labute approximate surface area is 129 Å². The summed E-state index contributed by atoms with van der Waals surface area (Å²) in [6, 6.07) is 5.02. The van der Waals surface area contributed by atoms with E-state index in [4.69, 9.17) is 0 Å². The summed E-state index contributed by atoms with van der Waals surface area (Å²) in [4.78, 5) is 24.3. The average Bonchev–Trinajstić information content (AvgIpc) is 2.73. The number of nitrogens with one attached hydrogen (secondary N) is 1. The van der Waals surface area contributed by atoms with Crippen molar-refractivity contribution in [3.05, 3.63) is 29.8 Å². The van der Waals surface area contributed by atoms with Gasteiger partial charge in [0.15, 0.2) is 0 Å². The van der Waals surface area contributed by atoms with Gasteiger partial charge in [-0.3, -0.25) is 4.79 Å². The number of rotatable bonds is 2. The minimum absolute atomic E-state index is 0.0512. The first-order chi connectivity index (χ1) is 10.5. The van der Waals surface area contributed by atoms with Crippen LogP contribution in [0.25, 0.3) is 0 Å². The van der Waals surface area contributed by atoms with Crippen molar-refractivity contribution < 1.29 is 18.0 Å². The molecule has 3 amide bonds. The molecule has 22 heavy (non-hydrogen) atoms. The fourth-order valence-electron chi connectivity index (χ4n) is 3.08. The predicted molar refractivity (Wildman–Crippen MR) is 79.8 cm³/mol. The molecule has 1 heterocycles. The number of fused-ring (bicyclic) bond motifs is 1. The zero-order chi connectivity index (χ0) is 15.7. The van der Waals surface area contributed by atoms with Crippen molar-refractivity contribution in [1.29, 1.82) is 0 Å². The van der Waals surface area contributed by atoms with Crippen LogP contribution in [0, 0.1) is 5.92 Å². The molecule has 6 nitrogen and oxygen atoms in total. The molecule has 0 radical (unpaired) electrons. The van der Waals surface area contributed by atoms with Crippen LogP contribution in [0.15, 0.2) is 29.2 Å². The van der Waals surface area contributed by atoms with Gasteiger partial charge in [0.25, 0.3) is 15.9 Å². The van der Waals surface area contributed by atoms with Crippen molar-refractivity contribution in [2.75, 3.05) is 6.54 Å². The highest BCUT2D eigenvalue weighted by Gasteiger charge is 2.45. The summed E-state index contributed by atoms with van der Waals surface area (Å²) in [5.74, 6) is -0.419. The molecule has 2 aliphatic rings. The fourth-order valence-corrected chi connectivity index (χ4v) is 4.56. The zero-order valence-electron chi connectivity index (χ0n) is 12.1. The first-order valence-electron chi connectivity index (χ1n) is 7.48. The maximum Gasteiger partial charge on any atom is 0.338 e. The van der Waals surface area contributed by atoms with Crippen LogP contribution in [0.4, 0.5) is 4.79 Å². The lowest BCUT2D eigenvalue weighted by molar-refractivity contribution is 0.0893. The molecule has 1 aromatic carbocycles. The number of benzene rings is 1. The Morgan fingerprint density at radius 3 is 2.55 bits per heavy atom. The molecule has 1 N–H and O–H groups in total. The summed E-state index contributed by atoms with van der Waals surface area (Å²) in [7, 11) is -4.08. The maximum atomic E-state index is 12.3. The Kier molecular flexibility index (Phi) is 3.90. The molecule has 1 saturated carbocycles. The van der Waals surface area contributed by atoms with Crippen molar-refractivity contribution >= 4 is 22.0 Å². The lowest BCUT2D eigenvalue weighted by Crippen LogP contribution is -2.45. The van der Waals surface area contributed by atoms with Crippen molar-refractivity contribution in [1.82, 2.24) is 9.62 Å². The second-order valence-electron chi connectivity index (χ2n) is 5.76. The number of amides is 3. The van der Waals surface area contributed by atoms with E-state index in [1.54, 1.807) is 6.07 Å². The van der Waals surface area contributed by atoms with Gasteiger partial charge in [0.2, 0.25) is 0 Å². The molecule has 7 heteroatoms. The van der Waals surface area contributed by atoms with E-state index in [1.165, 1.54) is 24.6 Å². The van der Waals surface area contributed by atoms with Gasteiger partial charge in [-0.15, -0.1) is 4.31 Å². The summed E-state index contributed by atoms with van der Waals surface area (Å²) in [6.45, 7) is 0.411. The third-order valence-electron chi connectivity index (χ3n) is 4.27. The highest BCUT2D eigenvalue weighted by atomic mass is 32.2. The smallest absolute Gasteiger partial charge is 0.336 e. The van der Waals surface area contributed by atoms with Crippen LogP contribution in [-0.4, -0.2) is 31.2 Å². The van der Waals surface area contributed by atoms with E-state index in [-0.39, 0.29) is 10.5 Å². The first kappa shape index (κ1) is 15.0. The van der Waals surface area contributed by atoms with E-state index in [0.29, 0.717) is 16.8 Å². The molecule has 0 spiro atoms. The van der Waals surface area contributed by atoms with Gasteiger partial charge in [0.1, 0.15) is 4.90 Å². The Bertz CT molecular complexity index is 708. The molecule has 0 atom stereocenters. The lowest BCUT2D eigenvalue weighted by Gasteiger charge is -2.22. The van der Waals surface area contributed by atoms with Crippen LogP contribution in [0.3, 0.4) is 0 Å². The lowest BCUT2D eigenvalue weighted by atomic mass is 9.89. The molecule has 118 valence electrons. The second kappa shape index (κ2) is 5.72. The van der Waals surface area contributed by atoms with Crippen LogP contribution < -0.4 is 5.32 Å². The summed E-state index contributed by atoms with van der Waals surface area (Å²) >= 11 is 0. The highest BCUT2D eigenvalue weighted by Crippen LogP contribution is 2.30. The minimum atomic E-state index is -4.08. The van der Waals surface area contributed by atoms with Gasteiger partial charge in [-0.25, -0.2) is 13.2 Å². The Morgan fingerprint density at radius 1 is 1.18 bits per heavy atom. The van der Waals surface area contributed by atoms with Gasteiger partial charge < -0.3 is 5.32 Å². The second-order valence-corrected chi connectivity index (χ2v) is 7.52. The summed E-state index contributed by atoms with van der Waals surface area (Å²) < 4.78 is 25.0. The van der Waals surface area contributed by atoms with Gasteiger partial charge in [0.05, 0.1) is 5.56 Å². The molecule has 0 aromatic heterocycles. The van der Waals surface area contributed by atoms with Crippen molar-refractivity contribution in [3.63, 3.8) is 0 Å². The molecule has 1 aliphatic heterocycles. The minimum Gasteiger partial charge on any atom is -0.336 e. The van der Waals surface area contributed by atoms with Gasteiger partial charge in [-0.1, -0.05) is 31.4 Å². The average molecular weight is 322 g/mol. The maximum absolute atomic E-state index is 12.3. The van der Waals surface area contributed by atoms with Crippen LogP contribution in [-0.2, 0) is 10.0 Å². The normalized spacial score (nSPS) is 20.7. The van der Waals surface area contributed by atoms with Crippen molar-refractivity contribution in [2.45, 2.75) is 37.0 Å². The van der Waals surface area contributed by atoms with E-state index >= 15 is 0 Å². The van der Waals surface area contributed by atoms with Crippen molar-refractivity contribution in [3.8, 4) is 0 Å². The molecule has 0 bridgehead atoms. The van der Waals surface area contributed by atoms with Crippen LogP contribution in [0.2, 0.25) is 0 Å². The van der Waals surface area contributed by atoms with Crippen molar-refractivity contribution in [2.24, 2.45) is 5.92 Å². The molecule has 1 fully saturated rings. The van der Waals surface area contributed by atoms with E-state index in [2.05, 4.69) is 5.32 Å². The first-order valence-corrected chi connectivity index (χ1v) is 8.92. The number of hydrogen-bond acceptors (Lipinski definition) is 4. The molecule has 1 aliphatic carbocycles. The summed E-state index contributed by atoms with van der Waals surface area (Å²) in [5.41, 5.74) is 0.0512. The number of sulfonamides is 1. The summed E-state index contributed by atoms with van der Waals surface area (Å²) in [5, 5.41) is 2.60. The number of imide groups is 1. The van der Waals surface area contributed by atoms with Gasteiger partial charge in [0, 0.05) is 6.54 Å². The van der Waals surface area contributed by atoms with E-state index in [1.807, 2.05) is 0 Å². The van der Waals surface area contributed by atoms with Gasteiger partial charge in [-0.2, -0.15) is 0 Å². The third kappa shape index (κ3) is 2.49. The number of carbonyl (C=O) groups is 2. The van der Waals surface area contributed by atoms with Gasteiger partial charge >= 0.3 is 6.03 Å². The molecule has 0 unspecified atom stereocenters. The topological polar surface area (TPSA) is 83.6 Å². The SMILES string of the molecule is O=C(NCC1CCCCC1)N1C(=O)c2ccccc2S1(=O)=O. The number of nitrogens with zero attached hydrogens (tertiary/aromatic N) is 1. The highest BCUT2D eigenvalue weighted by molar-refractivity contribution is 7.90. The monoisotopic (exact) mass is 322 g/mol. The number of hydrogen-bond donors (Lipinski definition) is 1. The molecule has 3 rings (SSSR count). The van der Waals surface area contributed by atoms with Gasteiger partial charge in [-0.05, 0) is 30.9 Å². The standard InChI is InChI=1S/C15H18N2O4S/c18-14-12-8-4-5-9-13(12)22(20,21)17(14)15(19)16-10-11-6-2-1-3-7-11/h4-5,8-9,11H,1-3,6-7,10H2,(H,16,19). The molecular formula is C15H18N2O4S. The van der Waals surface area contributed by atoms with Crippen LogP contribution in [0.5, 0.6) is 0 Å². The Hall–Kier alpha value is -1.89. The van der Waals surface area contributed by atoms with Crippen LogP contribution in [0.1, 0.15) is 42.5 Å². The molecule has 1 aromatic rings. The fraction of sp³-hybridized carbons (Fsp3) is 0.467. The molecule has 0 saturated heterocycles. The third-order valence-corrected chi connectivity index (χ3v) is 6.00. The summed E-state index contributed by atoms with van der Waals surface area (Å²) in [6.07, 6.45) is 5.53. The van der Waals surface area contributed by atoms with E-state index in [0.717, 1.165) is 25.7 Å². The Balaban J connectivity index is 1.75. The van der Waals surface area contributed by atoms with E-state index in [9.17, 15) is 18.0 Å². The molecular weight excluding hydrogens is 304 g/mol. The zero-order valence-corrected chi connectivity index (χ0v) is 12.9.